The Morgan fingerprint density at radius 3 is 2.57 bits per heavy atom. The molecule has 0 atom stereocenters. The molecule has 0 aromatic heterocycles. The van der Waals surface area contributed by atoms with Gasteiger partial charge in [0.15, 0.2) is 0 Å². The molecule has 0 aliphatic carbocycles. The summed E-state index contributed by atoms with van der Waals surface area (Å²) in [4.78, 5) is 33.3. The summed E-state index contributed by atoms with van der Waals surface area (Å²) >= 11 is 0. The van der Waals surface area contributed by atoms with Crippen LogP contribution < -0.4 is 5.32 Å². The van der Waals surface area contributed by atoms with Gasteiger partial charge in [0.25, 0.3) is 0 Å². The third-order valence-corrected chi connectivity index (χ3v) is 2.00. The second-order valence-corrected chi connectivity index (χ2v) is 2.85. The first-order valence-electron chi connectivity index (χ1n) is 3.93. The number of carbonyl (C=O) groups excluding carboxylic acids is 3. The van der Waals surface area contributed by atoms with Gasteiger partial charge in [-0.05, 0) is 6.54 Å². The Morgan fingerprint density at radius 1 is 1.50 bits per heavy atom. The van der Waals surface area contributed by atoms with Crippen LogP contribution in [0.15, 0.2) is 0 Å². The van der Waals surface area contributed by atoms with Gasteiger partial charge in [-0.25, -0.2) is 0 Å². The quantitative estimate of drug-likeness (QED) is 0.517. The van der Waals surface area contributed by atoms with Gasteiger partial charge in [-0.15, -0.1) is 0 Å². The minimum atomic E-state index is -0.432. The van der Waals surface area contributed by atoms with Crippen molar-refractivity contribution >= 4 is 18.2 Å². The molecule has 0 saturated carbocycles. The molecule has 1 radical (unpaired) electrons. The fourth-order valence-electron chi connectivity index (χ4n) is 1.25. The summed E-state index contributed by atoms with van der Waals surface area (Å²) in [5, 5.41) is 1.93. The van der Waals surface area contributed by atoms with Crippen LogP contribution in [0.25, 0.3) is 0 Å². The number of imide groups is 1. The van der Waals surface area contributed by atoms with Crippen molar-refractivity contribution in [3.05, 3.63) is 5.92 Å². The number of carbonyl (C=O) groups is 2. The molecular formula is C8H10N2O3Y-2. The van der Waals surface area contributed by atoms with Crippen LogP contribution in [0, 0.1) is 5.92 Å². The standard InChI is InChI=1S/C8H10N2O3.Y/c1-6(12)10-3-2-7(4-10)8(13)9-5-11;/h2-4H2,1H3,(H,9,11,13);/q-2;. The van der Waals surface area contributed by atoms with Gasteiger partial charge < -0.3 is 25.7 Å². The van der Waals surface area contributed by atoms with Gasteiger partial charge in [-0.1, -0.05) is 12.5 Å². The van der Waals surface area contributed by atoms with Crippen LogP contribution >= 0.6 is 0 Å². The summed E-state index contributed by atoms with van der Waals surface area (Å²) in [6.07, 6.45) is 1.85. The summed E-state index contributed by atoms with van der Waals surface area (Å²) in [6.45, 7) is 2.33. The molecule has 6 heteroatoms. The number of nitrogens with zero attached hydrogens (tertiary/aromatic N) is 1. The number of nitrogens with one attached hydrogen (secondary N) is 1. The molecule has 0 aromatic rings. The SMILES string of the molecule is CC(=O)N1CC[C-](C(=O)N[C-]=O)C1.[Y]. The van der Waals surface area contributed by atoms with E-state index in [1.807, 2.05) is 5.32 Å². The van der Waals surface area contributed by atoms with Gasteiger partial charge in [0.05, 0.1) is 6.41 Å². The molecule has 0 aromatic carbocycles. The number of amides is 3. The predicted octanol–water partition coefficient (Wildman–Crippen LogP) is -1.01. The third-order valence-electron chi connectivity index (χ3n) is 2.00. The maximum Gasteiger partial charge on any atom is 0.217 e. The Kier molecular flexibility index (Phi) is 5.96. The molecule has 1 heterocycles. The fourth-order valence-corrected chi connectivity index (χ4v) is 1.25. The largest absolute Gasteiger partial charge is 0.486 e. The van der Waals surface area contributed by atoms with Gasteiger partial charge in [-0.2, -0.15) is 6.42 Å². The average Bonchev–Trinajstić information content (AvgIpc) is 2.52. The Hall–Kier alpha value is -0.416. The third kappa shape index (κ3) is 3.38. The number of rotatable bonds is 2. The second kappa shape index (κ2) is 6.14. The van der Waals surface area contributed by atoms with Crippen molar-refractivity contribution < 1.29 is 47.1 Å². The molecule has 1 aliphatic rings. The number of hydrogen-bond donors (Lipinski definition) is 1. The van der Waals surface area contributed by atoms with E-state index < -0.39 is 5.91 Å². The van der Waals surface area contributed by atoms with Crippen molar-refractivity contribution in [2.45, 2.75) is 13.3 Å². The van der Waals surface area contributed by atoms with E-state index in [0.717, 1.165) is 0 Å². The molecule has 1 N–H and O–H groups in total. The Bertz CT molecular complexity index is 245. The fraction of sp³-hybridized carbons (Fsp3) is 0.500. The van der Waals surface area contributed by atoms with Crippen molar-refractivity contribution in [3.63, 3.8) is 0 Å². The van der Waals surface area contributed by atoms with E-state index in [1.54, 1.807) is 4.90 Å². The van der Waals surface area contributed by atoms with Gasteiger partial charge in [0, 0.05) is 39.6 Å². The van der Waals surface area contributed by atoms with Crippen LogP contribution in [-0.2, 0) is 47.1 Å². The van der Waals surface area contributed by atoms with E-state index in [9.17, 15) is 14.4 Å². The molecule has 14 heavy (non-hydrogen) atoms. The molecule has 75 valence electrons. The molecule has 3 amide bonds. The first-order chi connectivity index (χ1) is 6.15. The maximum absolute atomic E-state index is 11.1. The van der Waals surface area contributed by atoms with Crippen LogP contribution in [0.2, 0.25) is 0 Å². The van der Waals surface area contributed by atoms with Crippen LogP contribution in [0.5, 0.6) is 0 Å². The van der Waals surface area contributed by atoms with E-state index in [-0.39, 0.29) is 38.6 Å². The van der Waals surface area contributed by atoms with Crippen molar-refractivity contribution in [1.82, 2.24) is 10.2 Å². The molecule has 0 bridgehead atoms. The van der Waals surface area contributed by atoms with Gasteiger partial charge in [-0.3, -0.25) is 4.79 Å². The van der Waals surface area contributed by atoms with E-state index in [2.05, 4.69) is 0 Å². The molecule has 1 fully saturated rings. The van der Waals surface area contributed by atoms with Gasteiger partial charge in [0.1, 0.15) is 0 Å². The molecule has 1 saturated heterocycles. The van der Waals surface area contributed by atoms with Crippen molar-refractivity contribution in [1.29, 1.82) is 0 Å². The summed E-state index contributed by atoms with van der Waals surface area (Å²) in [7, 11) is 0. The van der Waals surface area contributed by atoms with Gasteiger partial charge in [0.2, 0.25) is 5.91 Å². The molecule has 1 aliphatic heterocycles. The summed E-state index contributed by atoms with van der Waals surface area (Å²) in [6, 6.07) is 0. The second-order valence-electron chi connectivity index (χ2n) is 2.85. The van der Waals surface area contributed by atoms with Crippen LogP contribution in [-0.4, -0.2) is 36.2 Å². The molecule has 0 unspecified atom stereocenters. The molecule has 0 spiro atoms. The first-order valence-corrected chi connectivity index (χ1v) is 3.93. The van der Waals surface area contributed by atoms with E-state index >= 15 is 0 Å². The van der Waals surface area contributed by atoms with E-state index in [1.165, 1.54) is 13.3 Å². The zero-order valence-electron chi connectivity index (χ0n) is 7.87. The number of hydrogen-bond acceptors (Lipinski definition) is 3. The van der Waals surface area contributed by atoms with Crippen LogP contribution in [0.4, 0.5) is 0 Å². The maximum atomic E-state index is 11.1. The summed E-state index contributed by atoms with van der Waals surface area (Å²) in [5.74, 6) is 0.0650. The zero-order valence-corrected chi connectivity index (χ0v) is 10.7. The first kappa shape index (κ1) is 13.6. The zero-order chi connectivity index (χ0) is 9.84. The van der Waals surface area contributed by atoms with Gasteiger partial charge >= 0.3 is 0 Å². The Balaban J connectivity index is 0.00000169. The van der Waals surface area contributed by atoms with Crippen LogP contribution in [0.3, 0.4) is 0 Å². The minimum absolute atomic E-state index is 0. The van der Waals surface area contributed by atoms with Crippen molar-refractivity contribution in [2.24, 2.45) is 0 Å². The normalized spacial score (nSPS) is 14.6. The summed E-state index contributed by atoms with van der Waals surface area (Å²) < 4.78 is 0. The Morgan fingerprint density at radius 2 is 2.14 bits per heavy atom. The molecule has 5 nitrogen and oxygen atoms in total. The van der Waals surface area contributed by atoms with E-state index in [0.29, 0.717) is 25.4 Å². The Labute approximate surface area is 107 Å². The van der Waals surface area contributed by atoms with Crippen LogP contribution in [0.1, 0.15) is 13.3 Å². The van der Waals surface area contributed by atoms with E-state index in [4.69, 9.17) is 0 Å². The number of likely N-dealkylation sites (tertiary alicyclic amines) is 1. The smallest absolute Gasteiger partial charge is 0.217 e. The van der Waals surface area contributed by atoms with Crippen molar-refractivity contribution in [3.8, 4) is 0 Å². The monoisotopic (exact) mass is 271 g/mol. The topological polar surface area (TPSA) is 66.5 Å². The molecular weight excluding hydrogens is 261 g/mol. The van der Waals surface area contributed by atoms with Crippen molar-refractivity contribution in [2.75, 3.05) is 13.1 Å². The average molecular weight is 271 g/mol. The molecule has 1 rings (SSSR count). The summed E-state index contributed by atoms with van der Waals surface area (Å²) in [5.41, 5.74) is 0. The predicted molar refractivity (Wildman–Crippen MR) is 44.0 cm³/mol. The minimum Gasteiger partial charge on any atom is -0.486 e.